The Bertz CT molecular complexity index is 778. The van der Waals surface area contributed by atoms with E-state index in [1.54, 1.807) is 31.3 Å². The highest BCUT2D eigenvalue weighted by Crippen LogP contribution is 2.17. The molecule has 9 heteroatoms. The summed E-state index contributed by atoms with van der Waals surface area (Å²) in [6, 6.07) is 6.86. The van der Waals surface area contributed by atoms with Crippen molar-refractivity contribution in [2.75, 3.05) is 25.5 Å². The second kappa shape index (κ2) is 8.33. The van der Waals surface area contributed by atoms with Crippen LogP contribution in [0.25, 0.3) is 0 Å². The number of fused-ring (bicyclic) bond motifs is 1. The number of likely N-dealkylation sites (N-methyl/N-ethyl adjacent to an activating group) is 1. The summed E-state index contributed by atoms with van der Waals surface area (Å²) in [5, 5.41) is 13.5. The predicted molar refractivity (Wildman–Crippen MR) is 98.3 cm³/mol. The summed E-state index contributed by atoms with van der Waals surface area (Å²) in [5.74, 6) is -0.576. The Hall–Kier alpha value is -2.09. The highest BCUT2D eigenvalue weighted by Gasteiger charge is 2.24. The number of carbonyl (C=O) groups is 2. The number of halogens is 2. The number of hydrogen-bond donors (Lipinski definition) is 3. The summed E-state index contributed by atoms with van der Waals surface area (Å²) in [5.41, 5.74) is 2.83. The summed E-state index contributed by atoms with van der Waals surface area (Å²) in [6.07, 6.45) is 0.814. The number of benzene rings is 1. The number of aromatic amines is 1. The predicted octanol–water partition coefficient (Wildman–Crippen LogP) is 1.84. The van der Waals surface area contributed by atoms with Gasteiger partial charge in [-0.1, -0.05) is 17.7 Å². The molecule has 1 aromatic carbocycles. The van der Waals surface area contributed by atoms with E-state index < -0.39 is 0 Å². The van der Waals surface area contributed by atoms with E-state index >= 15 is 0 Å². The fourth-order valence-corrected chi connectivity index (χ4v) is 2.83. The van der Waals surface area contributed by atoms with Gasteiger partial charge in [-0.05, 0) is 18.2 Å². The van der Waals surface area contributed by atoms with Gasteiger partial charge in [0.15, 0.2) is 5.69 Å². The third kappa shape index (κ3) is 4.50. The van der Waals surface area contributed by atoms with E-state index in [2.05, 4.69) is 20.8 Å². The van der Waals surface area contributed by atoms with Gasteiger partial charge in [-0.25, -0.2) is 0 Å². The molecule has 0 aliphatic carbocycles. The number of hydrogen-bond acceptors (Lipinski definition) is 4. The molecule has 3 rings (SSSR count). The average molecular weight is 384 g/mol. The first-order chi connectivity index (χ1) is 11.5. The second-order valence-corrected chi connectivity index (χ2v) is 6.11. The van der Waals surface area contributed by atoms with Gasteiger partial charge in [0.2, 0.25) is 5.91 Å². The van der Waals surface area contributed by atoms with Crippen molar-refractivity contribution in [2.45, 2.75) is 13.0 Å². The molecule has 0 radical (unpaired) electrons. The van der Waals surface area contributed by atoms with Crippen molar-refractivity contribution in [2.24, 2.45) is 0 Å². The van der Waals surface area contributed by atoms with Crippen molar-refractivity contribution in [3.63, 3.8) is 0 Å². The first-order valence-electron chi connectivity index (χ1n) is 7.62. The van der Waals surface area contributed by atoms with Crippen LogP contribution in [0.4, 0.5) is 5.69 Å². The minimum Gasteiger partial charge on any atom is -0.331 e. The summed E-state index contributed by atoms with van der Waals surface area (Å²) < 4.78 is 0. The van der Waals surface area contributed by atoms with Crippen LogP contribution in [0.2, 0.25) is 5.02 Å². The molecule has 0 bridgehead atoms. The standard InChI is InChI=1S/C16H18ClN5O2.ClH/c1-22(9-14(23)19-11-4-2-3-10(17)7-11)16(24)15-12-8-18-6-5-13(12)20-21-15;/h2-4,7,18H,5-6,8-9H2,1H3,(H,19,23)(H,20,21);1H. The lowest BCUT2D eigenvalue weighted by atomic mass is 10.1. The lowest BCUT2D eigenvalue weighted by Crippen LogP contribution is -2.36. The summed E-state index contributed by atoms with van der Waals surface area (Å²) in [4.78, 5) is 26.0. The lowest BCUT2D eigenvalue weighted by molar-refractivity contribution is -0.116. The van der Waals surface area contributed by atoms with E-state index in [1.807, 2.05) is 0 Å². The Labute approximate surface area is 156 Å². The second-order valence-electron chi connectivity index (χ2n) is 5.68. The van der Waals surface area contributed by atoms with Crippen LogP contribution in [0.1, 0.15) is 21.7 Å². The maximum absolute atomic E-state index is 12.5. The molecular weight excluding hydrogens is 365 g/mol. The van der Waals surface area contributed by atoms with Gasteiger partial charge in [0.1, 0.15) is 0 Å². The van der Waals surface area contributed by atoms with E-state index in [0.29, 0.717) is 22.9 Å². The molecule has 3 N–H and O–H groups in total. The zero-order valence-electron chi connectivity index (χ0n) is 13.6. The van der Waals surface area contributed by atoms with Crippen molar-refractivity contribution in [3.05, 3.63) is 46.2 Å². The van der Waals surface area contributed by atoms with Crippen LogP contribution in [-0.2, 0) is 17.8 Å². The molecule has 134 valence electrons. The van der Waals surface area contributed by atoms with Crippen LogP contribution in [0, 0.1) is 0 Å². The van der Waals surface area contributed by atoms with Crippen molar-refractivity contribution < 1.29 is 9.59 Å². The molecule has 1 aliphatic rings. The highest BCUT2D eigenvalue weighted by molar-refractivity contribution is 6.30. The lowest BCUT2D eigenvalue weighted by Gasteiger charge is -2.18. The van der Waals surface area contributed by atoms with Gasteiger partial charge in [0.05, 0.1) is 6.54 Å². The summed E-state index contributed by atoms with van der Waals surface area (Å²) >= 11 is 5.89. The number of nitrogens with one attached hydrogen (secondary N) is 3. The number of carbonyl (C=O) groups excluding carboxylic acids is 2. The maximum Gasteiger partial charge on any atom is 0.274 e. The molecule has 0 saturated carbocycles. The van der Waals surface area contributed by atoms with Crippen LogP contribution in [0.5, 0.6) is 0 Å². The Morgan fingerprint density at radius 1 is 1.40 bits per heavy atom. The van der Waals surface area contributed by atoms with E-state index in [-0.39, 0.29) is 30.8 Å². The molecule has 0 saturated heterocycles. The average Bonchev–Trinajstić information content (AvgIpc) is 2.98. The van der Waals surface area contributed by atoms with E-state index in [9.17, 15) is 9.59 Å². The monoisotopic (exact) mass is 383 g/mol. The van der Waals surface area contributed by atoms with Crippen LogP contribution >= 0.6 is 24.0 Å². The molecule has 0 atom stereocenters. The smallest absolute Gasteiger partial charge is 0.274 e. The molecule has 1 aliphatic heterocycles. The van der Waals surface area contributed by atoms with Crippen LogP contribution in [-0.4, -0.2) is 47.0 Å². The molecule has 7 nitrogen and oxygen atoms in total. The number of nitrogens with zero attached hydrogens (tertiary/aromatic N) is 2. The van der Waals surface area contributed by atoms with Crippen LogP contribution in [0.3, 0.4) is 0 Å². The zero-order chi connectivity index (χ0) is 17.1. The molecule has 1 aromatic heterocycles. The minimum absolute atomic E-state index is 0. The topological polar surface area (TPSA) is 90.1 Å². The molecule has 0 fully saturated rings. The Balaban J connectivity index is 0.00000225. The molecule has 0 unspecified atom stereocenters. The molecule has 25 heavy (non-hydrogen) atoms. The van der Waals surface area contributed by atoms with Crippen LogP contribution < -0.4 is 10.6 Å². The number of amides is 2. The Morgan fingerprint density at radius 2 is 2.20 bits per heavy atom. The van der Waals surface area contributed by atoms with Crippen molar-refractivity contribution in [1.29, 1.82) is 0 Å². The van der Waals surface area contributed by atoms with E-state index in [1.165, 1.54) is 4.90 Å². The largest absolute Gasteiger partial charge is 0.331 e. The third-order valence-corrected chi connectivity index (χ3v) is 4.08. The first kappa shape index (κ1) is 19.2. The SMILES string of the molecule is CN(CC(=O)Nc1cccc(Cl)c1)C(=O)c1n[nH]c2c1CNCC2.Cl. The zero-order valence-corrected chi connectivity index (χ0v) is 15.2. The molecule has 2 aromatic rings. The highest BCUT2D eigenvalue weighted by atomic mass is 35.5. The number of anilines is 1. The van der Waals surface area contributed by atoms with Crippen LogP contribution in [0.15, 0.2) is 24.3 Å². The van der Waals surface area contributed by atoms with Gasteiger partial charge in [0.25, 0.3) is 5.91 Å². The quantitative estimate of drug-likeness (QED) is 0.751. The minimum atomic E-state index is -0.296. The third-order valence-electron chi connectivity index (χ3n) is 3.84. The van der Waals surface area contributed by atoms with E-state index in [4.69, 9.17) is 11.6 Å². The molecule has 2 amide bonds. The Kier molecular flexibility index (Phi) is 6.41. The fourth-order valence-electron chi connectivity index (χ4n) is 2.64. The normalized spacial score (nSPS) is 12.7. The van der Waals surface area contributed by atoms with Gasteiger partial charge in [0, 0.05) is 48.5 Å². The van der Waals surface area contributed by atoms with Gasteiger partial charge < -0.3 is 15.5 Å². The summed E-state index contributed by atoms with van der Waals surface area (Å²) in [7, 11) is 1.58. The molecule has 2 heterocycles. The number of aromatic nitrogens is 2. The fraction of sp³-hybridized carbons (Fsp3) is 0.312. The van der Waals surface area contributed by atoms with E-state index in [0.717, 1.165) is 24.2 Å². The number of H-pyrrole nitrogens is 1. The van der Waals surface area contributed by atoms with Crippen molar-refractivity contribution in [1.82, 2.24) is 20.4 Å². The maximum atomic E-state index is 12.5. The van der Waals surface area contributed by atoms with Gasteiger partial charge >= 0.3 is 0 Å². The van der Waals surface area contributed by atoms with Gasteiger partial charge in [-0.2, -0.15) is 5.10 Å². The Morgan fingerprint density at radius 3 is 2.96 bits per heavy atom. The van der Waals surface area contributed by atoms with Gasteiger partial charge in [-0.15, -0.1) is 12.4 Å². The van der Waals surface area contributed by atoms with Crippen molar-refractivity contribution in [3.8, 4) is 0 Å². The summed E-state index contributed by atoms with van der Waals surface area (Å²) in [6.45, 7) is 1.40. The molecule has 0 spiro atoms. The first-order valence-corrected chi connectivity index (χ1v) is 8.00. The molecular formula is C16H19Cl2N5O2. The van der Waals surface area contributed by atoms with Crippen molar-refractivity contribution >= 4 is 41.5 Å². The number of rotatable bonds is 4. The van der Waals surface area contributed by atoms with Gasteiger partial charge in [-0.3, -0.25) is 14.7 Å².